The maximum absolute atomic E-state index is 12.8. The second-order valence-electron chi connectivity index (χ2n) is 9.01. The summed E-state index contributed by atoms with van der Waals surface area (Å²) in [5.74, 6) is 2.34. The van der Waals surface area contributed by atoms with Crippen molar-refractivity contribution in [2.75, 3.05) is 16.8 Å². The van der Waals surface area contributed by atoms with E-state index in [1.807, 2.05) is 78.9 Å². The standard InChI is InChI=1S/C31H25N3O2/c1-21-7-8-23-20-24-17-18-34(30(24)33-29(23)19-21)26-13-9-22(10-14-26)31(35)32-25-11-15-28(16-12-25)36-27-5-3-2-4-6-27/h2-16,19-20H,17-18H2,1H3,(H,32,35). The summed E-state index contributed by atoms with van der Waals surface area (Å²) >= 11 is 0. The molecule has 0 spiro atoms. The van der Waals surface area contributed by atoms with E-state index in [0.29, 0.717) is 17.0 Å². The van der Waals surface area contributed by atoms with E-state index in [1.54, 1.807) is 0 Å². The SMILES string of the molecule is Cc1ccc2cc3c(nc2c1)N(c1ccc(C(=O)Nc2ccc(Oc4ccccc4)cc2)cc1)CC3. The average Bonchev–Trinajstić information content (AvgIpc) is 3.32. The molecule has 0 bridgehead atoms. The lowest BCUT2D eigenvalue weighted by atomic mass is 10.1. The number of aryl methyl sites for hydroxylation is 1. The largest absolute Gasteiger partial charge is 0.457 e. The number of fused-ring (bicyclic) bond motifs is 2. The minimum absolute atomic E-state index is 0.153. The Bertz CT molecular complexity index is 1550. The van der Waals surface area contributed by atoms with Crippen molar-refractivity contribution in [3.8, 4) is 11.5 Å². The van der Waals surface area contributed by atoms with Crippen molar-refractivity contribution in [1.29, 1.82) is 0 Å². The normalized spacial score (nSPS) is 12.4. The van der Waals surface area contributed by atoms with Crippen LogP contribution in [-0.2, 0) is 6.42 Å². The summed E-state index contributed by atoms with van der Waals surface area (Å²) < 4.78 is 5.82. The number of nitrogens with one attached hydrogen (secondary N) is 1. The number of rotatable bonds is 5. The quantitative estimate of drug-likeness (QED) is 0.293. The van der Waals surface area contributed by atoms with Gasteiger partial charge in [0.05, 0.1) is 5.52 Å². The number of para-hydroxylation sites is 1. The van der Waals surface area contributed by atoms with E-state index in [-0.39, 0.29) is 5.91 Å². The summed E-state index contributed by atoms with van der Waals surface area (Å²) in [6.45, 7) is 2.96. The predicted octanol–water partition coefficient (Wildman–Crippen LogP) is 7.28. The first kappa shape index (κ1) is 21.9. The van der Waals surface area contributed by atoms with Crippen LogP contribution in [0.15, 0.2) is 103 Å². The molecule has 0 radical (unpaired) electrons. The summed E-state index contributed by atoms with van der Waals surface area (Å²) in [5, 5.41) is 4.13. The molecule has 1 aromatic heterocycles. The van der Waals surface area contributed by atoms with E-state index in [1.165, 1.54) is 16.5 Å². The van der Waals surface area contributed by atoms with Crippen LogP contribution in [0.1, 0.15) is 21.5 Å². The Morgan fingerprint density at radius 3 is 2.39 bits per heavy atom. The zero-order valence-corrected chi connectivity index (χ0v) is 19.9. The van der Waals surface area contributed by atoms with Crippen molar-refractivity contribution >= 4 is 34.0 Å². The monoisotopic (exact) mass is 471 g/mol. The average molecular weight is 472 g/mol. The number of hydrogen-bond acceptors (Lipinski definition) is 4. The van der Waals surface area contributed by atoms with Crippen molar-refractivity contribution < 1.29 is 9.53 Å². The number of nitrogens with zero attached hydrogens (tertiary/aromatic N) is 2. The Morgan fingerprint density at radius 2 is 1.61 bits per heavy atom. The highest BCUT2D eigenvalue weighted by Crippen LogP contribution is 2.35. The summed E-state index contributed by atoms with van der Waals surface area (Å²) in [6.07, 6.45) is 0.957. The fourth-order valence-corrected chi connectivity index (χ4v) is 4.54. The van der Waals surface area contributed by atoms with Crippen LogP contribution >= 0.6 is 0 Å². The Hall–Kier alpha value is -4.64. The molecule has 0 aliphatic carbocycles. The van der Waals surface area contributed by atoms with Crippen LogP contribution in [0.4, 0.5) is 17.2 Å². The number of benzene rings is 4. The molecule has 1 amide bonds. The van der Waals surface area contributed by atoms with E-state index in [9.17, 15) is 4.79 Å². The molecular formula is C31H25N3O2. The van der Waals surface area contributed by atoms with E-state index >= 15 is 0 Å². The van der Waals surface area contributed by atoms with Crippen molar-refractivity contribution in [3.05, 3.63) is 120 Å². The van der Waals surface area contributed by atoms with Crippen LogP contribution in [0.3, 0.4) is 0 Å². The minimum atomic E-state index is -0.153. The summed E-state index contributed by atoms with van der Waals surface area (Å²) in [6, 6.07) is 33.3. The molecule has 0 atom stereocenters. The van der Waals surface area contributed by atoms with Gasteiger partial charge in [0.2, 0.25) is 0 Å². The van der Waals surface area contributed by atoms with E-state index in [4.69, 9.17) is 9.72 Å². The highest BCUT2D eigenvalue weighted by Gasteiger charge is 2.23. The molecule has 5 aromatic rings. The van der Waals surface area contributed by atoms with Gasteiger partial charge in [-0.05, 0) is 97.3 Å². The van der Waals surface area contributed by atoms with Gasteiger partial charge < -0.3 is 15.0 Å². The lowest BCUT2D eigenvalue weighted by Crippen LogP contribution is -2.15. The molecule has 0 unspecified atom stereocenters. The number of pyridine rings is 1. The Labute approximate surface area is 210 Å². The fraction of sp³-hybridized carbons (Fsp3) is 0.0968. The molecule has 0 fully saturated rings. The number of anilines is 3. The first-order chi connectivity index (χ1) is 17.6. The van der Waals surface area contributed by atoms with Gasteiger partial charge in [-0.2, -0.15) is 0 Å². The molecule has 4 aromatic carbocycles. The smallest absolute Gasteiger partial charge is 0.255 e. The predicted molar refractivity (Wildman–Crippen MR) is 145 cm³/mol. The maximum atomic E-state index is 12.8. The molecule has 36 heavy (non-hydrogen) atoms. The highest BCUT2D eigenvalue weighted by atomic mass is 16.5. The second kappa shape index (κ2) is 9.19. The van der Waals surface area contributed by atoms with Crippen molar-refractivity contribution in [1.82, 2.24) is 4.98 Å². The number of carbonyl (C=O) groups excluding carboxylic acids is 1. The summed E-state index contributed by atoms with van der Waals surface area (Å²) in [7, 11) is 0. The van der Waals surface area contributed by atoms with E-state index in [2.05, 4.69) is 41.4 Å². The molecule has 1 aliphatic rings. The van der Waals surface area contributed by atoms with Crippen molar-refractivity contribution in [2.45, 2.75) is 13.3 Å². The first-order valence-electron chi connectivity index (χ1n) is 12.0. The molecule has 1 aliphatic heterocycles. The third-order valence-electron chi connectivity index (χ3n) is 6.42. The highest BCUT2D eigenvalue weighted by molar-refractivity contribution is 6.04. The van der Waals surface area contributed by atoms with Crippen LogP contribution in [0, 0.1) is 6.92 Å². The van der Waals surface area contributed by atoms with Crippen molar-refractivity contribution in [2.24, 2.45) is 0 Å². The molecule has 2 heterocycles. The van der Waals surface area contributed by atoms with Crippen LogP contribution in [0.2, 0.25) is 0 Å². The van der Waals surface area contributed by atoms with Crippen LogP contribution in [-0.4, -0.2) is 17.4 Å². The van der Waals surface area contributed by atoms with Crippen LogP contribution in [0.25, 0.3) is 10.9 Å². The number of hydrogen-bond donors (Lipinski definition) is 1. The van der Waals surface area contributed by atoms with Gasteiger partial charge in [-0.25, -0.2) is 4.98 Å². The van der Waals surface area contributed by atoms with Gasteiger partial charge in [-0.15, -0.1) is 0 Å². The summed E-state index contributed by atoms with van der Waals surface area (Å²) in [4.78, 5) is 20.0. The molecule has 176 valence electrons. The van der Waals surface area contributed by atoms with Gasteiger partial charge in [-0.1, -0.05) is 30.3 Å². The van der Waals surface area contributed by atoms with Gasteiger partial charge in [0.25, 0.3) is 5.91 Å². The Kier molecular flexibility index (Phi) is 5.58. The van der Waals surface area contributed by atoms with Gasteiger partial charge >= 0.3 is 0 Å². The van der Waals surface area contributed by atoms with Gasteiger partial charge in [0.15, 0.2) is 0 Å². The number of ether oxygens (including phenoxy) is 1. The van der Waals surface area contributed by atoms with Crippen LogP contribution in [0.5, 0.6) is 11.5 Å². The fourth-order valence-electron chi connectivity index (χ4n) is 4.54. The van der Waals surface area contributed by atoms with E-state index < -0.39 is 0 Å². The lowest BCUT2D eigenvalue weighted by molar-refractivity contribution is 0.102. The second-order valence-corrected chi connectivity index (χ2v) is 9.01. The number of aromatic nitrogens is 1. The maximum Gasteiger partial charge on any atom is 0.255 e. The third kappa shape index (κ3) is 4.39. The van der Waals surface area contributed by atoms with Gasteiger partial charge in [-0.3, -0.25) is 4.79 Å². The molecule has 0 saturated carbocycles. The van der Waals surface area contributed by atoms with E-state index in [0.717, 1.165) is 35.7 Å². The Morgan fingerprint density at radius 1 is 0.861 bits per heavy atom. The first-order valence-corrected chi connectivity index (χ1v) is 12.0. The number of amides is 1. The molecular weight excluding hydrogens is 446 g/mol. The minimum Gasteiger partial charge on any atom is -0.457 e. The van der Waals surface area contributed by atoms with Gasteiger partial charge in [0, 0.05) is 28.9 Å². The summed E-state index contributed by atoms with van der Waals surface area (Å²) in [5.41, 5.74) is 5.82. The number of carbonyl (C=O) groups is 1. The zero-order chi connectivity index (χ0) is 24.5. The van der Waals surface area contributed by atoms with Gasteiger partial charge in [0.1, 0.15) is 17.3 Å². The van der Waals surface area contributed by atoms with Crippen molar-refractivity contribution in [3.63, 3.8) is 0 Å². The van der Waals surface area contributed by atoms with Crippen LogP contribution < -0.4 is 15.0 Å². The Balaban J connectivity index is 1.15. The zero-order valence-electron chi connectivity index (χ0n) is 19.9. The molecule has 1 N–H and O–H groups in total. The lowest BCUT2D eigenvalue weighted by Gasteiger charge is -2.19. The molecule has 0 saturated heterocycles. The molecule has 5 heteroatoms. The third-order valence-corrected chi connectivity index (χ3v) is 6.42. The topological polar surface area (TPSA) is 54.5 Å². The molecule has 5 nitrogen and oxygen atoms in total. The molecule has 6 rings (SSSR count).